The summed E-state index contributed by atoms with van der Waals surface area (Å²) in [6.45, 7) is 6.44. The second-order valence-electron chi connectivity index (χ2n) is 5.10. The SMILES string of the molecule is CCSCCC(C)Nc1ccc(N)c2cnc(C)cc12. The number of hydrogen-bond acceptors (Lipinski definition) is 4. The molecule has 20 heavy (non-hydrogen) atoms. The molecule has 0 saturated heterocycles. The van der Waals surface area contributed by atoms with Gasteiger partial charge < -0.3 is 11.1 Å². The minimum atomic E-state index is 0.453. The fraction of sp³-hybridized carbons (Fsp3) is 0.438. The molecule has 1 atom stereocenters. The van der Waals surface area contributed by atoms with Crippen molar-refractivity contribution >= 4 is 33.9 Å². The molecule has 0 bridgehead atoms. The Morgan fingerprint density at radius 3 is 2.90 bits per heavy atom. The highest BCUT2D eigenvalue weighted by Gasteiger charge is 2.08. The molecular weight excluding hydrogens is 266 g/mol. The van der Waals surface area contributed by atoms with Crippen molar-refractivity contribution in [2.24, 2.45) is 0 Å². The Morgan fingerprint density at radius 2 is 2.15 bits per heavy atom. The molecule has 3 N–H and O–H groups in total. The fourth-order valence-electron chi connectivity index (χ4n) is 2.23. The molecule has 2 aromatic rings. The van der Waals surface area contributed by atoms with Crippen LogP contribution in [-0.2, 0) is 0 Å². The van der Waals surface area contributed by atoms with E-state index in [-0.39, 0.29) is 0 Å². The minimum Gasteiger partial charge on any atom is -0.398 e. The average Bonchev–Trinajstić information content (AvgIpc) is 2.42. The van der Waals surface area contributed by atoms with Crippen molar-refractivity contribution in [1.29, 1.82) is 0 Å². The zero-order valence-corrected chi connectivity index (χ0v) is 13.3. The van der Waals surface area contributed by atoms with E-state index in [9.17, 15) is 0 Å². The highest BCUT2D eigenvalue weighted by Crippen LogP contribution is 2.29. The maximum absolute atomic E-state index is 6.03. The normalized spacial score (nSPS) is 12.6. The van der Waals surface area contributed by atoms with Gasteiger partial charge in [0.25, 0.3) is 0 Å². The van der Waals surface area contributed by atoms with Gasteiger partial charge in [-0.3, -0.25) is 4.98 Å². The molecule has 0 fully saturated rings. The van der Waals surface area contributed by atoms with E-state index in [0.29, 0.717) is 6.04 Å². The van der Waals surface area contributed by atoms with Gasteiger partial charge in [0.1, 0.15) is 0 Å². The highest BCUT2D eigenvalue weighted by molar-refractivity contribution is 7.99. The summed E-state index contributed by atoms with van der Waals surface area (Å²) < 4.78 is 0. The van der Waals surface area contributed by atoms with Gasteiger partial charge in [0.15, 0.2) is 0 Å². The summed E-state index contributed by atoms with van der Waals surface area (Å²) in [5.41, 5.74) is 8.98. The first-order valence-corrected chi connectivity index (χ1v) is 8.26. The van der Waals surface area contributed by atoms with Crippen LogP contribution in [0.2, 0.25) is 0 Å². The van der Waals surface area contributed by atoms with Gasteiger partial charge in [-0.1, -0.05) is 6.92 Å². The van der Waals surface area contributed by atoms with Crippen molar-refractivity contribution in [3.8, 4) is 0 Å². The van der Waals surface area contributed by atoms with Crippen LogP contribution >= 0.6 is 11.8 Å². The summed E-state index contributed by atoms with van der Waals surface area (Å²) in [5, 5.41) is 5.79. The molecule has 0 spiro atoms. The van der Waals surface area contributed by atoms with Crippen LogP contribution in [0, 0.1) is 6.92 Å². The lowest BCUT2D eigenvalue weighted by Crippen LogP contribution is -2.16. The van der Waals surface area contributed by atoms with E-state index >= 15 is 0 Å². The van der Waals surface area contributed by atoms with Gasteiger partial charge in [0.05, 0.1) is 0 Å². The van der Waals surface area contributed by atoms with Crippen molar-refractivity contribution in [2.45, 2.75) is 33.2 Å². The van der Waals surface area contributed by atoms with Crippen LogP contribution < -0.4 is 11.1 Å². The van der Waals surface area contributed by atoms with E-state index < -0.39 is 0 Å². The van der Waals surface area contributed by atoms with E-state index in [1.54, 1.807) is 0 Å². The molecule has 1 unspecified atom stereocenters. The third-order valence-electron chi connectivity index (χ3n) is 3.37. The minimum absolute atomic E-state index is 0.453. The average molecular weight is 289 g/mol. The van der Waals surface area contributed by atoms with Crippen LogP contribution in [0.15, 0.2) is 24.4 Å². The number of nitrogen functional groups attached to an aromatic ring is 1. The second kappa shape index (κ2) is 6.84. The number of aromatic nitrogens is 1. The van der Waals surface area contributed by atoms with Crippen molar-refractivity contribution in [2.75, 3.05) is 22.6 Å². The Hall–Kier alpha value is -1.42. The van der Waals surface area contributed by atoms with Crippen LogP contribution in [-0.4, -0.2) is 22.5 Å². The highest BCUT2D eigenvalue weighted by atomic mass is 32.2. The van der Waals surface area contributed by atoms with E-state index in [0.717, 1.165) is 34.3 Å². The zero-order chi connectivity index (χ0) is 14.5. The molecule has 0 amide bonds. The van der Waals surface area contributed by atoms with Gasteiger partial charge in [-0.15, -0.1) is 0 Å². The van der Waals surface area contributed by atoms with Crippen molar-refractivity contribution in [3.05, 3.63) is 30.1 Å². The summed E-state index contributed by atoms with van der Waals surface area (Å²) in [6.07, 6.45) is 3.03. The third kappa shape index (κ3) is 3.57. The van der Waals surface area contributed by atoms with E-state index in [2.05, 4.69) is 36.3 Å². The number of benzene rings is 1. The van der Waals surface area contributed by atoms with Crippen molar-refractivity contribution in [3.63, 3.8) is 0 Å². The fourth-order valence-corrected chi connectivity index (χ4v) is 3.04. The standard InChI is InChI=1S/C16H23N3S/c1-4-20-8-7-11(2)19-16-6-5-15(17)14-10-18-12(3)9-13(14)16/h5-6,9-11,19H,4,7-8,17H2,1-3H3. The topological polar surface area (TPSA) is 50.9 Å². The predicted octanol–water partition coefficient (Wildman–Crippen LogP) is 4.07. The summed E-state index contributed by atoms with van der Waals surface area (Å²) in [4.78, 5) is 4.34. The molecule has 3 nitrogen and oxygen atoms in total. The summed E-state index contributed by atoms with van der Waals surface area (Å²) in [5.74, 6) is 2.38. The maximum Gasteiger partial charge on any atom is 0.0424 e. The van der Waals surface area contributed by atoms with E-state index in [4.69, 9.17) is 5.73 Å². The molecule has 0 aliphatic heterocycles. The molecule has 2 rings (SSSR count). The second-order valence-corrected chi connectivity index (χ2v) is 6.50. The van der Waals surface area contributed by atoms with Gasteiger partial charge in [-0.2, -0.15) is 11.8 Å². The Balaban J connectivity index is 2.21. The number of nitrogens with zero attached hydrogens (tertiary/aromatic N) is 1. The van der Waals surface area contributed by atoms with Crippen LogP contribution in [0.25, 0.3) is 10.8 Å². The molecule has 1 aromatic heterocycles. The molecular formula is C16H23N3S. The molecule has 1 heterocycles. The molecule has 0 aliphatic carbocycles. The van der Waals surface area contributed by atoms with Crippen LogP contribution in [0.1, 0.15) is 26.0 Å². The quantitative estimate of drug-likeness (QED) is 0.622. The number of nitrogens with one attached hydrogen (secondary N) is 1. The van der Waals surface area contributed by atoms with Gasteiger partial charge >= 0.3 is 0 Å². The van der Waals surface area contributed by atoms with Crippen molar-refractivity contribution in [1.82, 2.24) is 4.98 Å². The number of aryl methyl sites for hydroxylation is 1. The van der Waals surface area contributed by atoms with Gasteiger partial charge in [-0.05, 0) is 50.0 Å². The number of anilines is 2. The van der Waals surface area contributed by atoms with Gasteiger partial charge in [0.2, 0.25) is 0 Å². The lowest BCUT2D eigenvalue weighted by Gasteiger charge is -2.17. The predicted molar refractivity (Wildman–Crippen MR) is 91.6 cm³/mol. The lowest BCUT2D eigenvalue weighted by atomic mass is 10.1. The van der Waals surface area contributed by atoms with Crippen molar-refractivity contribution < 1.29 is 0 Å². The van der Waals surface area contributed by atoms with Crippen LogP contribution in [0.3, 0.4) is 0 Å². The van der Waals surface area contributed by atoms with Gasteiger partial charge in [0, 0.05) is 40.1 Å². The first-order chi connectivity index (χ1) is 9.61. The zero-order valence-electron chi connectivity index (χ0n) is 12.4. The van der Waals surface area contributed by atoms with E-state index in [1.807, 2.05) is 30.9 Å². The monoisotopic (exact) mass is 289 g/mol. The van der Waals surface area contributed by atoms with Crippen LogP contribution in [0.4, 0.5) is 11.4 Å². The first-order valence-electron chi connectivity index (χ1n) is 7.11. The Kier molecular flexibility index (Phi) is 5.12. The smallest absolute Gasteiger partial charge is 0.0424 e. The number of rotatable bonds is 6. The summed E-state index contributed by atoms with van der Waals surface area (Å²) in [6, 6.07) is 6.58. The number of nitrogens with two attached hydrogens (primary N) is 1. The number of fused-ring (bicyclic) bond motifs is 1. The lowest BCUT2D eigenvalue weighted by molar-refractivity contribution is 0.773. The first kappa shape index (κ1) is 15.0. The number of hydrogen-bond donors (Lipinski definition) is 2. The number of pyridine rings is 1. The molecule has 1 aromatic carbocycles. The van der Waals surface area contributed by atoms with E-state index in [1.165, 1.54) is 11.5 Å². The summed E-state index contributed by atoms with van der Waals surface area (Å²) >= 11 is 1.99. The Labute approximate surface area is 125 Å². The Morgan fingerprint density at radius 1 is 1.35 bits per heavy atom. The Bertz CT molecular complexity index is 583. The molecule has 4 heteroatoms. The van der Waals surface area contributed by atoms with Gasteiger partial charge in [-0.25, -0.2) is 0 Å². The maximum atomic E-state index is 6.03. The number of thioether (sulfide) groups is 1. The largest absolute Gasteiger partial charge is 0.398 e. The molecule has 0 radical (unpaired) electrons. The molecule has 0 saturated carbocycles. The molecule has 108 valence electrons. The summed E-state index contributed by atoms with van der Waals surface area (Å²) in [7, 11) is 0. The van der Waals surface area contributed by atoms with Crippen LogP contribution in [0.5, 0.6) is 0 Å². The third-order valence-corrected chi connectivity index (χ3v) is 4.31. The molecule has 0 aliphatic rings.